The minimum absolute atomic E-state index is 0.400. The van der Waals surface area contributed by atoms with Crippen molar-refractivity contribution in [2.75, 3.05) is 0 Å². The van der Waals surface area contributed by atoms with Crippen molar-refractivity contribution >= 4 is 0 Å². The second kappa shape index (κ2) is 4.59. The van der Waals surface area contributed by atoms with Crippen LogP contribution >= 0.6 is 0 Å². The highest BCUT2D eigenvalue weighted by Crippen LogP contribution is 2.21. The van der Waals surface area contributed by atoms with Crippen molar-refractivity contribution in [1.82, 2.24) is 4.98 Å². The molecule has 0 aliphatic carbocycles. The standard InChI is InChI=1S/C14H12N2/c1-11-4-6-13(7-5-11)14-12(8-9-15)3-2-10-16-14/h2-7,10H,8H2,1H3. The molecule has 0 aliphatic rings. The van der Waals surface area contributed by atoms with Crippen LogP contribution in [0.2, 0.25) is 0 Å². The molecule has 0 unspecified atom stereocenters. The average Bonchev–Trinajstić information content (AvgIpc) is 2.32. The summed E-state index contributed by atoms with van der Waals surface area (Å²) >= 11 is 0. The fourth-order valence-corrected chi connectivity index (χ4v) is 1.64. The molecule has 0 radical (unpaired) electrons. The highest BCUT2D eigenvalue weighted by molar-refractivity contribution is 5.63. The van der Waals surface area contributed by atoms with Crippen LogP contribution in [0.1, 0.15) is 11.1 Å². The lowest BCUT2D eigenvalue weighted by molar-refractivity contribution is 1.19. The molecule has 1 heterocycles. The van der Waals surface area contributed by atoms with Gasteiger partial charge in [-0.15, -0.1) is 0 Å². The molecule has 0 aliphatic heterocycles. The lowest BCUT2D eigenvalue weighted by Crippen LogP contribution is -1.91. The Balaban J connectivity index is 2.47. The predicted octanol–water partition coefficient (Wildman–Crippen LogP) is 3.12. The third kappa shape index (κ3) is 2.09. The molecular weight excluding hydrogens is 196 g/mol. The molecule has 2 aromatic rings. The van der Waals surface area contributed by atoms with Crippen molar-refractivity contribution < 1.29 is 0 Å². The summed E-state index contributed by atoms with van der Waals surface area (Å²) in [7, 11) is 0. The number of pyridine rings is 1. The van der Waals surface area contributed by atoms with Gasteiger partial charge < -0.3 is 0 Å². The molecule has 0 bridgehead atoms. The number of nitriles is 1. The van der Waals surface area contributed by atoms with E-state index < -0.39 is 0 Å². The van der Waals surface area contributed by atoms with Crippen molar-refractivity contribution in [2.24, 2.45) is 0 Å². The van der Waals surface area contributed by atoms with Gasteiger partial charge in [-0.2, -0.15) is 5.26 Å². The van der Waals surface area contributed by atoms with Gasteiger partial charge >= 0.3 is 0 Å². The molecule has 0 saturated carbocycles. The van der Waals surface area contributed by atoms with Crippen molar-refractivity contribution in [3.05, 3.63) is 53.7 Å². The third-order valence-corrected chi connectivity index (χ3v) is 2.49. The predicted molar refractivity (Wildman–Crippen MR) is 63.7 cm³/mol. The van der Waals surface area contributed by atoms with Gasteiger partial charge in [0.25, 0.3) is 0 Å². The quantitative estimate of drug-likeness (QED) is 0.760. The summed E-state index contributed by atoms with van der Waals surface area (Å²) in [5.74, 6) is 0. The van der Waals surface area contributed by atoms with Gasteiger partial charge in [0.2, 0.25) is 0 Å². The molecular formula is C14H12N2. The third-order valence-electron chi connectivity index (χ3n) is 2.49. The van der Waals surface area contributed by atoms with Crippen LogP contribution < -0.4 is 0 Å². The smallest absolute Gasteiger partial charge is 0.0744 e. The normalized spacial score (nSPS) is 9.75. The number of rotatable bonds is 2. The summed E-state index contributed by atoms with van der Waals surface area (Å²) in [5, 5.41) is 8.76. The maximum atomic E-state index is 8.76. The Labute approximate surface area is 95.2 Å². The highest BCUT2D eigenvalue weighted by Gasteiger charge is 2.04. The van der Waals surface area contributed by atoms with Crippen molar-refractivity contribution in [3.63, 3.8) is 0 Å². The molecule has 2 rings (SSSR count). The maximum Gasteiger partial charge on any atom is 0.0744 e. The van der Waals surface area contributed by atoms with Crippen LogP contribution in [0.15, 0.2) is 42.6 Å². The Morgan fingerprint density at radius 1 is 1.19 bits per heavy atom. The van der Waals surface area contributed by atoms with Gasteiger partial charge in [-0.1, -0.05) is 35.9 Å². The summed E-state index contributed by atoms with van der Waals surface area (Å²) in [6.45, 7) is 2.05. The number of benzene rings is 1. The van der Waals surface area contributed by atoms with E-state index >= 15 is 0 Å². The average molecular weight is 208 g/mol. The zero-order valence-electron chi connectivity index (χ0n) is 9.14. The summed E-state index contributed by atoms with van der Waals surface area (Å²) in [6.07, 6.45) is 2.16. The van der Waals surface area contributed by atoms with E-state index in [0.717, 1.165) is 16.8 Å². The molecule has 0 fully saturated rings. The van der Waals surface area contributed by atoms with Gasteiger partial charge in [0.15, 0.2) is 0 Å². The molecule has 0 N–H and O–H groups in total. The van der Waals surface area contributed by atoms with Crippen LogP contribution in [0.25, 0.3) is 11.3 Å². The topological polar surface area (TPSA) is 36.7 Å². The van der Waals surface area contributed by atoms with E-state index in [1.165, 1.54) is 5.56 Å². The maximum absolute atomic E-state index is 8.76. The number of nitrogens with zero attached hydrogens (tertiary/aromatic N) is 2. The zero-order valence-corrected chi connectivity index (χ0v) is 9.14. The first kappa shape index (κ1) is 10.4. The van der Waals surface area contributed by atoms with E-state index in [4.69, 9.17) is 5.26 Å². The molecule has 1 aromatic carbocycles. The van der Waals surface area contributed by atoms with Crippen molar-refractivity contribution in [2.45, 2.75) is 13.3 Å². The van der Waals surface area contributed by atoms with E-state index in [2.05, 4.69) is 30.1 Å². The molecule has 2 nitrogen and oxygen atoms in total. The van der Waals surface area contributed by atoms with E-state index in [9.17, 15) is 0 Å². The summed E-state index contributed by atoms with van der Waals surface area (Å²) in [5.41, 5.74) is 4.18. The number of hydrogen-bond donors (Lipinski definition) is 0. The molecule has 0 spiro atoms. The Kier molecular flexibility index (Phi) is 2.98. The van der Waals surface area contributed by atoms with Gasteiger partial charge in [-0.05, 0) is 18.6 Å². The highest BCUT2D eigenvalue weighted by atomic mass is 14.7. The second-order valence-corrected chi connectivity index (χ2v) is 3.71. The Bertz CT molecular complexity index is 521. The molecule has 0 amide bonds. The van der Waals surface area contributed by atoms with Gasteiger partial charge in [-0.3, -0.25) is 4.98 Å². The first-order chi connectivity index (χ1) is 7.81. The number of hydrogen-bond acceptors (Lipinski definition) is 2. The van der Waals surface area contributed by atoms with Crippen LogP contribution in [0.4, 0.5) is 0 Å². The van der Waals surface area contributed by atoms with Crippen LogP contribution in [-0.2, 0) is 6.42 Å². The monoisotopic (exact) mass is 208 g/mol. The summed E-state index contributed by atoms with van der Waals surface area (Å²) < 4.78 is 0. The van der Waals surface area contributed by atoms with E-state index in [0.29, 0.717) is 6.42 Å². The van der Waals surface area contributed by atoms with Gasteiger partial charge in [0, 0.05) is 11.8 Å². The SMILES string of the molecule is Cc1ccc(-c2ncccc2CC#N)cc1. The van der Waals surface area contributed by atoms with Gasteiger partial charge in [-0.25, -0.2) is 0 Å². The molecule has 16 heavy (non-hydrogen) atoms. The van der Waals surface area contributed by atoms with Crippen LogP contribution in [0.5, 0.6) is 0 Å². The zero-order chi connectivity index (χ0) is 11.4. The van der Waals surface area contributed by atoms with E-state index in [1.54, 1.807) is 6.20 Å². The van der Waals surface area contributed by atoms with Crippen LogP contribution in [-0.4, -0.2) is 4.98 Å². The summed E-state index contributed by atoms with van der Waals surface area (Å²) in [6, 6.07) is 14.2. The van der Waals surface area contributed by atoms with Gasteiger partial charge in [0.1, 0.15) is 0 Å². The first-order valence-corrected chi connectivity index (χ1v) is 5.19. The fraction of sp³-hybridized carbons (Fsp3) is 0.143. The van der Waals surface area contributed by atoms with Crippen LogP contribution in [0.3, 0.4) is 0 Å². The fourth-order valence-electron chi connectivity index (χ4n) is 1.64. The number of aromatic nitrogens is 1. The molecule has 0 atom stereocenters. The van der Waals surface area contributed by atoms with Crippen molar-refractivity contribution in [3.8, 4) is 17.3 Å². The molecule has 0 saturated heterocycles. The number of aryl methyl sites for hydroxylation is 1. The largest absolute Gasteiger partial charge is 0.256 e. The Morgan fingerprint density at radius 3 is 2.62 bits per heavy atom. The van der Waals surface area contributed by atoms with Crippen molar-refractivity contribution in [1.29, 1.82) is 5.26 Å². The molecule has 2 heteroatoms. The minimum Gasteiger partial charge on any atom is -0.256 e. The first-order valence-electron chi connectivity index (χ1n) is 5.19. The molecule has 78 valence electrons. The van der Waals surface area contributed by atoms with Gasteiger partial charge in [0.05, 0.1) is 18.2 Å². The lowest BCUT2D eigenvalue weighted by atomic mass is 10.0. The lowest BCUT2D eigenvalue weighted by Gasteiger charge is -2.05. The minimum atomic E-state index is 0.400. The Morgan fingerprint density at radius 2 is 1.94 bits per heavy atom. The molecule has 1 aromatic heterocycles. The second-order valence-electron chi connectivity index (χ2n) is 3.71. The van der Waals surface area contributed by atoms with E-state index in [-0.39, 0.29) is 0 Å². The van der Waals surface area contributed by atoms with Crippen LogP contribution in [0, 0.1) is 18.3 Å². The Hall–Kier alpha value is -2.14. The summed E-state index contributed by atoms with van der Waals surface area (Å²) in [4.78, 5) is 4.35. The van der Waals surface area contributed by atoms with E-state index in [1.807, 2.05) is 24.3 Å².